The summed E-state index contributed by atoms with van der Waals surface area (Å²) in [7, 11) is 0. The van der Waals surface area contributed by atoms with Crippen LogP contribution in [0.15, 0.2) is 85.1 Å². The van der Waals surface area contributed by atoms with Crippen LogP contribution in [0.5, 0.6) is 0 Å². The van der Waals surface area contributed by atoms with Crippen LogP contribution in [0.2, 0.25) is 0 Å². The van der Waals surface area contributed by atoms with Crippen LogP contribution >= 0.6 is 0 Å². The van der Waals surface area contributed by atoms with Crippen molar-refractivity contribution >= 4 is 11.9 Å². The molecule has 0 aromatic heterocycles. The fourth-order valence-corrected chi connectivity index (χ4v) is 5.91. The first-order valence-corrected chi connectivity index (χ1v) is 22.1. The second kappa shape index (κ2) is 44.5. The first-order chi connectivity index (χ1) is 26.6. The molecule has 54 heavy (non-hydrogen) atoms. The molecule has 0 saturated heterocycles. The summed E-state index contributed by atoms with van der Waals surface area (Å²) in [6, 6.07) is 0. The number of carbonyl (C=O) groups is 2. The molecule has 1 atom stereocenters. The molecule has 0 rings (SSSR count). The van der Waals surface area contributed by atoms with Crippen LogP contribution in [-0.2, 0) is 19.1 Å². The molecule has 0 aliphatic rings. The molecule has 0 aliphatic carbocycles. The Balaban J connectivity index is 3.57. The van der Waals surface area contributed by atoms with Gasteiger partial charge in [-0.15, -0.1) is 0 Å². The molecular formula is C49H82O5. The van der Waals surface area contributed by atoms with Crippen LogP contribution in [0.25, 0.3) is 0 Å². The molecule has 0 saturated carbocycles. The van der Waals surface area contributed by atoms with Gasteiger partial charge in [0.1, 0.15) is 6.61 Å². The number of aliphatic hydroxyl groups excluding tert-OH is 1. The molecule has 0 spiro atoms. The molecule has 0 fully saturated rings. The Morgan fingerprint density at radius 2 is 0.741 bits per heavy atom. The first kappa shape index (κ1) is 51.1. The SMILES string of the molecule is CC/C=C\C/C=C\C/C=C\C/C=C\CCCCCCCCCCCCC(=O)OC(CO)COC(=O)CCCCCCCCC/C=C\C/C=C\C/C=C\CC. The first-order valence-electron chi connectivity index (χ1n) is 22.1. The molecule has 308 valence electrons. The van der Waals surface area contributed by atoms with Crippen LogP contribution in [0, 0.1) is 0 Å². The Kier molecular flexibility index (Phi) is 42.1. The largest absolute Gasteiger partial charge is 0.462 e. The number of unbranched alkanes of at least 4 members (excludes halogenated alkanes) is 17. The van der Waals surface area contributed by atoms with E-state index >= 15 is 0 Å². The molecule has 5 heteroatoms. The fourth-order valence-electron chi connectivity index (χ4n) is 5.91. The molecule has 0 aliphatic heterocycles. The predicted octanol–water partition coefficient (Wildman–Crippen LogP) is 14.3. The minimum atomic E-state index is -0.783. The quantitative estimate of drug-likeness (QED) is 0.0385. The number of rotatable bonds is 39. The van der Waals surface area contributed by atoms with Gasteiger partial charge in [-0.25, -0.2) is 0 Å². The second-order valence-electron chi connectivity index (χ2n) is 14.4. The summed E-state index contributed by atoms with van der Waals surface area (Å²) < 4.78 is 10.6. The highest BCUT2D eigenvalue weighted by molar-refractivity contribution is 5.70. The topological polar surface area (TPSA) is 72.8 Å². The van der Waals surface area contributed by atoms with Gasteiger partial charge in [0, 0.05) is 12.8 Å². The van der Waals surface area contributed by atoms with E-state index in [-0.39, 0.29) is 25.2 Å². The maximum atomic E-state index is 12.2. The van der Waals surface area contributed by atoms with Gasteiger partial charge in [-0.1, -0.05) is 182 Å². The lowest BCUT2D eigenvalue weighted by Crippen LogP contribution is -2.28. The highest BCUT2D eigenvalue weighted by Crippen LogP contribution is 2.14. The summed E-state index contributed by atoms with van der Waals surface area (Å²) in [5.74, 6) is -0.611. The van der Waals surface area contributed by atoms with E-state index in [1.807, 2.05) is 0 Å². The van der Waals surface area contributed by atoms with E-state index in [1.165, 1.54) is 77.0 Å². The normalized spacial score (nSPS) is 13.0. The summed E-state index contributed by atoms with van der Waals surface area (Å²) in [5, 5.41) is 9.59. The molecule has 0 amide bonds. The van der Waals surface area contributed by atoms with Gasteiger partial charge in [-0.2, -0.15) is 0 Å². The molecule has 0 aromatic carbocycles. The van der Waals surface area contributed by atoms with Gasteiger partial charge in [-0.05, 0) is 83.5 Å². The number of esters is 2. The average molecular weight is 751 g/mol. The zero-order chi connectivity index (χ0) is 39.3. The molecule has 1 unspecified atom stereocenters. The van der Waals surface area contributed by atoms with Gasteiger partial charge >= 0.3 is 11.9 Å². The van der Waals surface area contributed by atoms with E-state index in [1.54, 1.807) is 0 Å². The maximum Gasteiger partial charge on any atom is 0.306 e. The van der Waals surface area contributed by atoms with E-state index in [4.69, 9.17) is 9.47 Å². The Morgan fingerprint density at radius 1 is 0.426 bits per heavy atom. The average Bonchev–Trinajstić information content (AvgIpc) is 3.17. The number of hydrogen-bond donors (Lipinski definition) is 1. The zero-order valence-corrected chi connectivity index (χ0v) is 35.0. The van der Waals surface area contributed by atoms with Gasteiger partial charge in [-0.3, -0.25) is 9.59 Å². The molecule has 0 bridgehead atoms. The van der Waals surface area contributed by atoms with Crippen molar-refractivity contribution in [3.63, 3.8) is 0 Å². The summed E-state index contributed by atoms with van der Waals surface area (Å²) in [6.45, 7) is 3.90. The number of allylic oxidation sites excluding steroid dienone is 14. The van der Waals surface area contributed by atoms with Crippen molar-refractivity contribution in [3.8, 4) is 0 Å². The molecule has 0 heterocycles. The summed E-state index contributed by atoms with van der Waals surface area (Å²) in [6.07, 6.45) is 60.8. The Morgan fingerprint density at radius 3 is 1.11 bits per heavy atom. The smallest absolute Gasteiger partial charge is 0.306 e. The summed E-state index contributed by atoms with van der Waals surface area (Å²) >= 11 is 0. The van der Waals surface area contributed by atoms with Crippen molar-refractivity contribution in [1.82, 2.24) is 0 Å². The van der Waals surface area contributed by atoms with Gasteiger partial charge in [0.15, 0.2) is 6.10 Å². The van der Waals surface area contributed by atoms with E-state index in [0.29, 0.717) is 12.8 Å². The van der Waals surface area contributed by atoms with Crippen molar-refractivity contribution in [1.29, 1.82) is 0 Å². The van der Waals surface area contributed by atoms with Crippen molar-refractivity contribution in [2.24, 2.45) is 0 Å². The molecule has 5 nitrogen and oxygen atoms in total. The van der Waals surface area contributed by atoms with Crippen molar-refractivity contribution in [2.45, 2.75) is 200 Å². The Bertz CT molecular complexity index is 1030. The highest BCUT2D eigenvalue weighted by Gasteiger charge is 2.16. The van der Waals surface area contributed by atoms with Crippen molar-refractivity contribution < 1.29 is 24.2 Å². The lowest BCUT2D eigenvalue weighted by Gasteiger charge is -2.15. The Hall–Kier alpha value is -2.92. The van der Waals surface area contributed by atoms with Crippen LogP contribution in [0.4, 0.5) is 0 Å². The minimum Gasteiger partial charge on any atom is -0.462 e. The van der Waals surface area contributed by atoms with E-state index in [2.05, 4.69) is 98.9 Å². The third kappa shape index (κ3) is 41.8. The number of ether oxygens (including phenoxy) is 2. The molecule has 1 N–H and O–H groups in total. The van der Waals surface area contributed by atoms with E-state index in [9.17, 15) is 14.7 Å². The standard InChI is InChI=1S/C49H82O5/c1-3-5-7-9-11-13-15-17-19-21-22-23-24-25-26-28-30-32-34-36-38-40-42-44-49(52)54-47(45-50)46-53-48(51)43-41-39-37-35-33-31-29-27-20-18-16-14-12-10-8-6-4-2/h5-8,11-14,17-20,22-23,47,50H,3-4,9-10,15-16,21,24-46H2,1-2H3/b7-5-,8-6-,13-11-,14-12-,19-17-,20-18-,23-22-. The minimum absolute atomic E-state index is 0.0768. The van der Waals surface area contributed by atoms with E-state index < -0.39 is 6.10 Å². The third-order valence-electron chi connectivity index (χ3n) is 9.18. The van der Waals surface area contributed by atoms with Crippen molar-refractivity contribution in [2.75, 3.05) is 13.2 Å². The highest BCUT2D eigenvalue weighted by atomic mass is 16.6. The van der Waals surface area contributed by atoms with Crippen molar-refractivity contribution in [3.05, 3.63) is 85.1 Å². The maximum absolute atomic E-state index is 12.2. The lowest BCUT2D eigenvalue weighted by atomic mass is 10.0. The Labute approximate surface area is 333 Å². The fraction of sp³-hybridized carbons (Fsp3) is 0.673. The molecule has 0 radical (unpaired) electrons. The second-order valence-corrected chi connectivity index (χ2v) is 14.4. The number of carbonyl (C=O) groups excluding carboxylic acids is 2. The predicted molar refractivity (Wildman–Crippen MR) is 233 cm³/mol. The van der Waals surface area contributed by atoms with Crippen LogP contribution in [0.1, 0.15) is 194 Å². The van der Waals surface area contributed by atoms with Crippen LogP contribution < -0.4 is 0 Å². The zero-order valence-electron chi connectivity index (χ0n) is 35.0. The summed E-state index contributed by atoms with van der Waals surface area (Å²) in [5.41, 5.74) is 0. The van der Waals surface area contributed by atoms with Gasteiger partial charge in [0.25, 0.3) is 0 Å². The number of hydrogen-bond acceptors (Lipinski definition) is 5. The number of aliphatic hydroxyl groups is 1. The summed E-state index contributed by atoms with van der Waals surface area (Å²) in [4.78, 5) is 24.4. The molecule has 0 aromatic rings. The van der Waals surface area contributed by atoms with E-state index in [0.717, 1.165) is 89.9 Å². The lowest BCUT2D eigenvalue weighted by molar-refractivity contribution is -0.161. The van der Waals surface area contributed by atoms with Gasteiger partial charge in [0.2, 0.25) is 0 Å². The van der Waals surface area contributed by atoms with Crippen LogP contribution in [-0.4, -0.2) is 36.4 Å². The molecular weight excluding hydrogens is 669 g/mol. The van der Waals surface area contributed by atoms with Crippen LogP contribution in [0.3, 0.4) is 0 Å². The monoisotopic (exact) mass is 751 g/mol. The van der Waals surface area contributed by atoms with Gasteiger partial charge < -0.3 is 14.6 Å². The van der Waals surface area contributed by atoms with Gasteiger partial charge in [0.05, 0.1) is 6.61 Å². The third-order valence-corrected chi connectivity index (χ3v) is 9.18.